The number of rotatable bonds is 9. The van der Waals surface area contributed by atoms with Crippen molar-refractivity contribution in [3.8, 4) is 0 Å². The first-order valence-corrected chi connectivity index (χ1v) is 8.47. The fourth-order valence-corrected chi connectivity index (χ4v) is 3.60. The van der Waals surface area contributed by atoms with Crippen LogP contribution in [0.5, 0.6) is 0 Å². The van der Waals surface area contributed by atoms with Crippen LogP contribution < -0.4 is 0 Å². The van der Waals surface area contributed by atoms with Gasteiger partial charge in [0.1, 0.15) is 0 Å². The second-order valence-electron chi connectivity index (χ2n) is 6.24. The highest BCUT2D eigenvalue weighted by atomic mass is 16.3. The van der Waals surface area contributed by atoms with Crippen molar-refractivity contribution in [2.24, 2.45) is 11.8 Å². The average Bonchev–Trinajstić information content (AvgIpc) is 2.42. The van der Waals surface area contributed by atoms with Crippen LogP contribution in [-0.2, 0) is 0 Å². The third-order valence-corrected chi connectivity index (χ3v) is 4.84. The van der Waals surface area contributed by atoms with Crippen molar-refractivity contribution >= 4 is 0 Å². The zero-order valence-corrected chi connectivity index (χ0v) is 12.7. The van der Waals surface area contributed by atoms with Gasteiger partial charge in [0.2, 0.25) is 0 Å². The molecule has 3 atom stereocenters. The molecule has 1 aliphatic rings. The fraction of sp³-hybridized carbons (Fsp3) is 1.00. The van der Waals surface area contributed by atoms with Crippen LogP contribution in [-0.4, -0.2) is 11.2 Å². The Labute approximate surface area is 114 Å². The SMILES string of the molecule is CCCCCCCCC(O)C1CCCCC1CC. The number of aliphatic hydroxyl groups is 1. The lowest BCUT2D eigenvalue weighted by Crippen LogP contribution is -2.30. The quantitative estimate of drug-likeness (QED) is 0.552. The molecule has 1 N–H and O–H groups in total. The van der Waals surface area contributed by atoms with Gasteiger partial charge < -0.3 is 5.11 Å². The van der Waals surface area contributed by atoms with Crippen LogP contribution in [0, 0.1) is 11.8 Å². The number of unbranched alkanes of at least 4 members (excludes halogenated alkanes) is 5. The summed E-state index contributed by atoms with van der Waals surface area (Å²) in [7, 11) is 0. The summed E-state index contributed by atoms with van der Waals surface area (Å²) in [5.74, 6) is 1.41. The maximum atomic E-state index is 10.4. The summed E-state index contributed by atoms with van der Waals surface area (Å²) in [6.07, 6.45) is 15.7. The van der Waals surface area contributed by atoms with Crippen molar-refractivity contribution in [3.05, 3.63) is 0 Å². The van der Waals surface area contributed by atoms with E-state index in [1.54, 1.807) is 0 Å². The maximum absolute atomic E-state index is 10.4. The molecule has 1 heteroatoms. The summed E-state index contributed by atoms with van der Waals surface area (Å²) in [4.78, 5) is 0. The monoisotopic (exact) mass is 254 g/mol. The van der Waals surface area contributed by atoms with Gasteiger partial charge in [0, 0.05) is 0 Å². The largest absolute Gasteiger partial charge is 0.393 e. The smallest absolute Gasteiger partial charge is 0.0571 e. The van der Waals surface area contributed by atoms with Crippen molar-refractivity contribution < 1.29 is 5.11 Å². The minimum atomic E-state index is -0.0126. The molecule has 1 rings (SSSR count). The lowest BCUT2D eigenvalue weighted by molar-refractivity contribution is 0.0383. The van der Waals surface area contributed by atoms with Crippen molar-refractivity contribution in [1.29, 1.82) is 0 Å². The van der Waals surface area contributed by atoms with E-state index in [1.807, 2.05) is 0 Å². The van der Waals surface area contributed by atoms with Crippen molar-refractivity contribution in [2.75, 3.05) is 0 Å². The lowest BCUT2D eigenvalue weighted by Gasteiger charge is -2.34. The summed E-state index contributed by atoms with van der Waals surface area (Å²) in [6.45, 7) is 4.55. The van der Waals surface area contributed by atoms with Crippen molar-refractivity contribution in [3.63, 3.8) is 0 Å². The molecule has 0 heterocycles. The third kappa shape index (κ3) is 5.73. The van der Waals surface area contributed by atoms with E-state index in [1.165, 1.54) is 70.6 Å². The first kappa shape index (κ1) is 16.0. The van der Waals surface area contributed by atoms with E-state index < -0.39 is 0 Å². The van der Waals surface area contributed by atoms with Crippen LogP contribution in [0.15, 0.2) is 0 Å². The second kappa shape index (κ2) is 9.83. The Hall–Kier alpha value is -0.0400. The molecule has 0 bridgehead atoms. The first-order valence-electron chi connectivity index (χ1n) is 8.47. The van der Waals surface area contributed by atoms with Gasteiger partial charge in [-0.1, -0.05) is 78.1 Å². The van der Waals surface area contributed by atoms with E-state index in [9.17, 15) is 5.11 Å². The highest BCUT2D eigenvalue weighted by Crippen LogP contribution is 2.35. The predicted octanol–water partition coefficient (Wildman–Crippen LogP) is 5.31. The topological polar surface area (TPSA) is 20.2 Å². The van der Waals surface area contributed by atoms with Crippen LogP contribution >= 0.6 is 0 Å². The molecule has 1 aliphatic carbocycles. The predicted molar refractivity (Wildman–Crippen MR) is 79.7 cm³/mol. The van der Waals surface area contributed by atoms with Gasteiger partial charge in [-0.25, -0.2) is 0 Å². The summed E-state index contributed by atoms with van der Waals surface area (Å²) >= 11 is 0. The molecule has 3 unspecified atom stereocenters. The van der Waals surface area contributed by atoms with Gasteiger partial charge in [-0.05, 0) is 24.7 Å². The van der Waals surface area contributed by atoms with Gasteiger partial charge >= 0.3 is 0 Å². The second-order valence-corrected chi connectivity index (χ2v) is 6.24. The van der Waals surface area contributed by atoms with E-state index in [0.29, 0.717) is 5.92 Å². The zero-order valence-electron chi connectivity index (χ0n) is 12.7. The average molecular weight is 254 g/mol. The van der Waals surface area contributed by atoms with Crippen LogP contribution in [0.2, 0.25) is 0 Å². The molecule has 108 valence electrons. The number of hydrogen-bond acceptors (Lipinski definition) is 1. The molecule has 1 saturated carbocycles. The Morgan fingerprint density at radius 3 is 2.33 bits per heavy atom. The molecule has 18 heavy (non-hydrogen) atoms. The Balaban J connectivity index is 2.12. The highest BCUT2D eigenvalue weighted by Gasteiger charge is 2.28. The Morgan fingerprint density at radius 1 is 0.944 bits per heavy atom. The molecule has 0 aromatic carbocycles. The molecule has 0 amide bonds. The molecular formula is C17H34O. The molecule has 0 aromatic rings. The van der Waals surface area contributed by atoms with Crippen molar-refractivity contribution in [1.82, 2.24) is 0 Å². The number of aliphatic hydroxyl groups excluding tert-OH is 1. The van der Waals surface area contributed by atoms with Gasteiger partial charge in [-0.15, -0.1) is 0 Å². The Kier molecular flexibility index (Phi) is 8.75. The van der Waals surface area contributed by atoms with E-state index in [-0.39, 0.29) is 6.10 Å². The van der Waals surface area contributed by atoms with Crippen LogP contribution in [0.25, 0.3) is 0 Å². The summed E-state index contributed by atoms with van der Waals surface area (Å²) in [6, 6.07) is 0. The molecular weight excluding hydrogens is 220 g/mol. The standard InChI is InChI=1S/C17H34O/c1-3-5-6-7-8-9-14-17(18)16-13-11-10-12-15(16)4-2/h15-18H,3-14H2,1-2H3. The van der Waals surface area contributed by atoms with E-state index in [4.69, 9.17) is 0 Å². The summed E-state index contributed by atoms with van der Waals surface area (Å²) in [5, 5.41) is 10.4. The van der Waals surface area contributed by atoms with Crippen LogP contribution in [0.3, 0.4) is 0 Å². The highest BCUT2D eigenvalue weighted by molar-refractivity contribution is 4.80. The van der Waals surface area contributed by atoms with E-state index >= 15 is 0 Å². The minimum absolute atomic E-state index is 0.0126. The lowest BCUT2D eigenvalue weighted by atomic mass is 9.74. The molecule has 0 aromatic heterocycles. The number of hydrogen-bond donors (Lipinski definition) is 1. The Morgan fingerprint density at radius 2 is 1.61 bits per heavy atom. The van der Waals surface area contributed by atoms with E-state index in [2.05, 4.69) is 13.8 Å². The fourth-order valence-electron chi connectivity index (χ4n) is 3.60. The van der Waals surface area contributed by atoms with Gasteiger partial charge in [0.15, 0.2) is 0 Å². The van der Waals surface area contributed by atoms with Gasteiger partial charge in [-0.3, -0.25) is 0 Å². The van der Waals surface area contributed by atoms with Gasteiger partial charge in [-0.2, -0.15) is 0 Å². The summed E-state index contributed by atoms with van der Waals surface area (Å²) < 4.78 is 0. The molecule has 0 spiro atoms. The normalized spacial score (nSPS) is 26.2. The van der Waals surface area contributed by atoms with Gasteiger partial charge in [0.05, 0.1) is 6.10 Å². The van der Waals surface area contributed by atoms with E-state index in [0.717, 1.165) is 12.3 Å². The first-order chi connectivity index (χ1) is 8.79. The van der Waals surface area contributed by atoms with Crippen LogP contribution in [0.1, 0.15) is 90.9 Å². The summed E-state index contributed by atoms with van der Waals surface area (Å²) in [5.41, 5.74) is 0. The van der Waals surface area contributed by atoms with Crippen molar-refractivity contribution in [2.45, 2.75) is 97.0 Å². The third-order valence-electron chi connectivity index (χ3n) is 4.84. The molecule has 0 saturated heterocycles. The molecule has 1 fully saturated rings. The van der Waals surface area contributed by atoms with Crippen LogP contribution in [0.4, 0.5) is 0 Å². The maximum Gasteiger partial charge on any atom is 0.0571 e. The van der Waals surface area contributed by atoms with Gasteiger partial charge in [0.25, 0.3) is 0 Å². The Bertz CT molecular complexity index is 190. The zero-order chi connectivity index (χ0) is 13.2. The minimum Gasteiger partial charge on any atom is -0.393 e. The molecule has 1 nitrogen and oxygen atoms in total. The molecule has 0 aliphatic heterocycles. The molecule has 0 radical (unpaired) electrons.